The maximum absolute atomic E-state index is 15.2. The van der Waals surface area contributed by atoms with Gasteiger partial charge < -0.3 is 25.0 Å². The Balaban J connectivity index is 1.29. The van der Waals surface area contributed by atoms with E-state index in [1.165, 1.54) is 24.3 Å². The van der Waals surface area contributed by atoms with Crippen molar-refractivity contribution in [2.45, 2.75) is 83.6 Å². The zero-order valence-electron chi connectivity index (χ0n) is 25.7. The topological polar surface area (TPSA) is 115 Å². The third-order valence-electron chi connectivity index (χ3n) is 7.86. The van der Waals surface area contributed by atoms with Crippen molar-refractivity contribution in [3.8, 4) is 5.75 Å². The Hall–Kier alpha value is -3.83. The molecule has 1 saturated carbocycles. The van der Waals surface area contributed by atoms with E-state index in [1.54, 1.807) is 0 Å². The van der Waals surface area contributed by atoms with Gasteiger partial charge in [0.05, 0.1) is 12.2 Å². The minimum absolute atomic E-state index is 0.0271. The first kappa shape index (κ1) is 34.1. The van der Waals surface area contributed by atoms with E-state index in [1.807, 2.05) is 0 Å². The summed E-state index contributed by atoms with van der Waals surface area (Å²) in [6, 6.07) is 6.47. The summed E-state index contributed by atoms with van der Waals surface area (Å²) in [5.41, 5.74) is -0.598. The first-order valence-electron chi connectivity index (χ1n) is 15.5. The lowest BCUT2D eigenvalue weighted by molar-refractivity contribution is -0.151. The SMILES string of the molecule is CC(C)C[C@H](NCCCCCOc1cc(F)c(N2C(=N)C(=C(O)c3ccc(F)cc3)C=CC2O)c(F)c1)C(=O)OC1CCCC1. The van der Waals surface area contributed by atoms with Crippen molar-refractivity contribution in [3.05, 3.63) is 77.1 Å². The summed E-state index contributed by atoms with van der Waals surface area (Å²) in [7, 11) is 0. The van der Waals surface area contributed by atoms with Crippen molar-refractivity contribution in [2.75, 3.05) is 18.1 Å². The number of hydrogen-bond acceptors (Lipinski definition) is 7. The van der Waals surface area contributed by atoms with Crippen LogP contribution in [0.15, 0.2) is 54.1 Å². The third kappa shape index (κ3) is 9.11. The summed E-state index contributed by atoms with van der Waals surface area (Å²) >= 11 is 0. The van der Waals surface area contributed by atoms with Crippen molar-refractivity contribution in [2.24, 2.45) is 5.92 Å². The van der Waals surface area contributed by atoms with Crippen LogP contribution in [-0.4, -0.2) is 53.5 Å². The van der Waals surface area contributed by atoms with E-state index in [9.17, 15) is 19.4 Å². The molecule has 0 radical (unpaired) electrons. The van der Waals surface area contributed by atoms with E-state index in [0.717, 1.165) is 62.8 Å². The smallest absolute Gasteiger partial charge is 0.323 e. The molecular weight excluding hydrogens is 587 g/mol. The molecule has 8 nitrogen and oxygen atoms in total. The van der Waals surface area contributed by atoms with Crippen LogP contribution in [-0.2, 0) is 9.53 Å². The van der Waals surface area contributed by atoms with Crippen molar-refractivity contribution in [1.29, 1.82) is 5.41 Å². The minimum Gasteiger partial charge on any atom is -0.507 e. The van der Waals surface area contributed by atoms with Crippen LogP contribution < -0.4 is 15.0 Å². The molecule has 1 fully saturated rings. The van der Waals surface area contributed by atoms with Crippen molar-refractivity contribution in [3.63, 3.8) is 0 Å². The Labute approximate surface area is 262 Å². The normalized spacial score (nSPS) is 18.9. The van der Waals surface area contributed by atoms with Crippen LogP contribution in [0.2, 0.25) is 0 Å². The molecule has 0 saturated heterocycles. The molecular formula is C34H42F3N3O5. The summed E-state index contributed by atoms with van der Waals surface area (Å²) < 4.78 is 55.0. The molecule has 2 atom stereocenters. The van der Waals surface area contributed by atoms with Gasteiger partial charge in [0.25, 0.3) is 0 Å². The van der Waals surface area contributed by atoms with Gasteiger partial charge in [0.2, 0.25) is 0 Å². The van der Waals surface area contributed by atoms with Crippen LogP contribution in [0.1, 0.15) is 70.8 Å². The molecule has 4 N–H and O–H groups in total. The largest absolute Gasteiger partial charge is 0.507 e. The quantitative estimate of drug-likeness (QED) is 0.103. The number of nitrogens with one attached hydrogen (secondary N) is 2. The van der Waals surface area contributed by atoms with Crippen molar-refractivity contribution < 1.29 is 37.7 Å². The number of aliphatic hydroxyl groups is 2. The molecule has 0 aromatic heterocycles. The number of esters is 1. The number of aliphatic hydroxyl groups excluding tert-OH is 2. The lowest BCUT2D eigenvalue weighted by Crippen LogP contribution is -2.43. The molecule has 11 heteroatoms. The number of carbonyl (C=O) groups is 1. The van der Waals surface area contributed by atoms with E-state index in [2.05, 4.69) is 19.2 Å². The molecule has 1 unspecified atom stereocenters. The first-order valence-corrected chi connectivity index (χ1v) is 15.5. The maximum atomic E-state index is 15.2. The highest BCUT2D eigenvalue weighted by Crippen LogP contribution is 2.34. The maximum Gasteiger partial charge on any atom is 0.323 e. The lowest BCUT2D eigenvalue weighted by atomic mass is 10.0. The van der Waals surface area contributed by atoms with Gasteiger partial charge in [0.1, 0.15) is 41.0 Å². The number of carbonyl (C=O) groups excluding carboxylic acids is 1. The Morgan fingerprint density at radius 2 is 1.73 bits per heavy atom. The highest BCUT2D eigenvalue weighted by atomic mass is 19.1. The van der Waals surface area contributed by atoms with Crippen LogP contribution in [0.3, 0.4) is 0 Å². The molecule has 2 aliphatic rings. The predicted molar refractivity (Wildman–Crippen MR) is 167 cm³/mol. The Morgan fingerprint density at radius 3 is 2.38 bits per heavy atom. The minimum atomic E-state index is -1.57. The summed E-state index contributed by atoms with van der Waals surface area (Å²) in [5, 5.41) is 33.0. The summed E-state index contributed by atoms with van der Waals surface area (Å²) in [6.45, 7) is 4.97. The number of rotatable bonds is 14. The number of hydrogen-bond donors (Lipinski definition) is 4. The van der Waals surface area contributed by atoms with E-state index < -0.39 is 41.0 Å². The second kappa shape index (κ2) is 15.9. The van der Waals surface area contributed by atoms with E-state index in [-0.39, 0.29) is 41.6 Å². The van der Waals surface area contributed by atoms with E-state index in [4.69, 9.17) is 14.9 Å². The van der Waals surface area contributed by atoms with Crippen LogP contribution in [0.4, 0.5) is 18.9 Å². The summed E-state index contributed by atoms with van der Waals surface area (Å²) in [4.78, 5) is 13.4. The average molecular weight is 630 g/mol. The van der Waals surface area contributed by atoms with Gasteiger partial charge in [-0.25, -0.2) is 13.2 Å². The van der Waals surface area contributed by atoms with Gasteiger partial charge in [-0.15, -0.1) is 0 Å². The van der Waals surface area contributed by atoms with Crippen LogP contribution in [0.5, 0.6) is 5.75 Å². The second-order valence-corrected chi connectivity index (χ2v) is 11.9. The fourth-order valence-corrected chi connectivity index (χ4v) is 5.52. The highest BCUT2D eigenvalue weighted by Gasteiger charge is 2.32. The zero-order valence-corrected chi connectivity index (χ0v) is 25.7. The molecule has 4 rings (SSSR count). The number of nitrogens with zero attached hydrogens (tertiary/aromatic N) is 1. The van der Waals surface area contributed by atoms with Gasteiger partial charge in [-0.3, -0.25) is 15.1 Å². The molecule has 1 heterocycles. The van der Waals surface area contributed by atoms with Gasteiger partial charge in [0, 0.05) is 17.7 Å². The number of benzene rings is 2. The van der Waals surface area contributed by atoms with Gasteiger partial charge in [0.15, 0.2) is 17.9 Å². The van der Waals surface area contributed by atoms with Crippen molar-refractivity contribution in [1.82, 2.24) is 5.32 Å². The number of amidine groups is 1. The van der Waals surface area contributed by atoms with Gasteiger partial charge in [-0.2, -0.15) is 0 Å². The van der Waals surface area contributed by atoms with Crippen LogP contribution >= 0.6 is 0 Å². The number of anilines is 1. The number of ether oxygens (including phenoxy) is 2. The molecule has 244 valence electrons. The molecule has 2 aromatic carbocycles. The molecule has 45 heavy (non-hydrogen) atoms. The Bertz CT molecular complexity index is 1370. The Kier molecular flexibility index (Phi) is 12.1. The van der Waals surface area contributed by atoms with Crippen LogP contribution in [0.25, 0.3) is 5.76 Å². The standard InChI is InChI=1S/C34H42F3N3O5/c1-21(2)18-29(34(43)45-24-8-4-5-9-24)39-16-6-3-7-17-44-25-19-27(36)31(28(37)20-25)40-30(41)15-14-26(33(40)38)32(42)22-10-12-23(35)13-11-22/h10-15,19-21,24,29-30,38-39,41-42H,3-9,16-18H2,1-2H3/t29-,30?/m0/s1. The average Bonchev–Trinajstić information content (AvgIpc) is 3.50. The lowest BCUT2D eigenvalue weighted by Gasteiger charge is -2.33. The van der Waals surface area contributed by atoms with E-state index in [0.29, 0.717) is 30.2 Å². The van der Waals surface area contributed by atoms with E-state index >= 15 is 8.78 Å². The molecule has 0 spiro atoms. The van der Waals surface area contributed by atoms with Gasteiger partial charge >= 0.3 is 5.97 Å². The second-order valence-electron chi connectivity index (χ2n) is 11.9. The summed E-state index contributed by atoms with van der Waals surface area (Å²) in [5.74, 6) is -3.49. The third-order valence-corrected chi connectivity index (χ3v) is 7.86. The zero-order chi connectivity index (χ0) is 32.5. The molecule has 0 bridgehead atoms. The Morgan fingerprint density at radius 1 is 1.07 bits per heavy atom. The highest BCUT2D eigenvalue weighted by molar-refractivity contribution is 6.14. The molecule has 0 amide bonds. The van der Waals surface area contributed by atoms with Crippen molar-refractivity contribution >= 4 is 23.3 Å². The van der Waals surface area contributed by atoms with Crippen LogP contribution in [0, 0.1) is 28.8 Å². The van der Waals surface area contributed by atoms with Gasteiger partial charge in [-0.05, 0) is 100 Å². The summed E-state index contributed by atoms with van der Waals surface area (Å²) in [6.07, 6.45) is 7.79. The number of halogens is 3. The molecule has 2 aromatic rings. The molecule has 1 aliphatic heterocycles. The first-order chi connectivity index (χ1) is 21.5. The van der Waals surface area contributed by atoms with Gasteiger partial charge in [-0.1, -0.05) is 13.8 Å². The molecule has 1 aliphatic carbocycles. The fraction of sp³-hybridized carbons (Fsp3) is 0.471. The number of unbranched alkanes of at least 4 members (excludes halogenated alkanes) is 2. The fourth-order valence-electron chi connectivity index (χ4n) is 5.52. The predicted octanol–water partition coefficient (Wildman–Crippen LogP) is 6.78. The monoisotopic (exact) mass is 629 g/mol.